The molecule has 0 spiro atoms. The molecule has 0 radical (unpaired) electrons. The third-order valence-electron chi connectivity index (χ3n) is 10.4. The van der Waals surface area contributed by atoms with Gasteiger partial charge in [0.25, 0.3) is 0 Å². The van der Waals surface area contributed by atoms with Crippen LogP contribution in [0.25, 0.3) is 34.4 Å². The molecular weight excluding hydrogens is 749 g/mol. The predicted molar refractivity (Wildman–Crippen MR) is 249 cm³/mol. The molecule has 2 aromatic heterocycles. The third kappa shape index (κ3) is 12.6. The van der Waals surface area contributed by atoms with Gasteiger partial charge in [-0.1, -0.05) is 166 Å². The fourth-order valence-electron chi connectivity index (χ4n) is 7.25. The zero-order valence-corrected chi connectivity index (χ0v) is 36.9. The summed E-state index contributed by atoms with van der Waals surface area (Å²) in [5, 5.41) is 16.6. The summed E-state index contributed by atoms with van der Waals surface area (Å²) < 4.78 is 13.8. The van der Waals surface area contributed by atoms with Crippen molar-refractivity contribution in [1.29, 1.82) is 0 Å². The average molecular weight is 813 g/mol. The summed E-state index contributed by atoms with van der Waals surface area (Å²) in [5.41, 5.74) is 5.56. The van der Waals surface area contributed by atoms with E-state index in [1.807, 2.05) is 52.7 Å². The number of para-hydroxylation sites is 2. The first-order chi connectivity index (χ1) is 28.9. The Labute approximate surface area is 356 Å². The van der Waals surface area contributed by atoms with Crippen molar-refractivity contribution in [2.24, 2.45) is 10.4 Å². The molecule has 312 valence electrons. The van der Waals surface area contributed by atoms with Gasteiger partial charge in [-0.05, 0) is 66.8 Å². The number of allylic oxidation sites excluding steroid dienone is 3. The highest BCUT2D eigenvalue weighted by molar-refractivity contribution is 8.03. The highest BCUT2D eigenvalue weighted by atomic mass is 32.2. The minimum atomic E-state index is 0.138. The summed E-state index contributed by atoms with van der Waals surface area (Å²) in [6, 6.07) is 24.8. The Balaban J connectivity index is 1.18. The first-order valence-corrected chi connectivity index (χ1v) is 22.8. The Kier molecular flexibility index (Phi) is 16.6. The molecule has 8 nitrogen and oxygen atoms in total. The van der Waals surface area contributed by atoms with Gasteiger partial charge in [0, 0.05) is 22.2 Å². The molecule has 9 heteroatoms. The molecule has 0 saturated heterocycles. The number of rotatable bonds is 23. The second kappa shape index (κ2) is 22.5. The molecule has 59 heavy (non-hydrogen) atoms. The van der Waals surface area contributed by atoms with Crippen LogP contribution in [0.2, 0.25) is 0 Å². The van der Waals surface area contributed by atoms with E-state index in [-0.39, 0.29) is 5.41 Å². The number of unbranched alkanes of at least 4 members (excludes halogenated alkanes) is 11. The summed E-state index contributed by atoms with van der Waals surface area (Å²) in [5.74, 6) is 1.42. The monoisotopic (exact) mass is 812 g/mol. The van der Waals surface area contributed by atoms with Crippen LogP contribution in [0.1, 0.15) is 118 Å². The van der Waals surface area contributed by atoms with E-state index < -0.39 is 0 Å². The van der Waals surface area contributed by atoms with Crippen LogP contribution in [0.4, 0.5) is 11.4 Å². The summed E-state index contributed by atoms with van der Waals surface area (Å²) in [7, 11) is 0. The van der Waals surface area contributed by atoms with E-state index in [2.05, 4.69) is 110 Å². The van der Waals surface area contributed by atoms with Crippen molar-refractivity contribution >= 4 is 41.3 Å². The van der Waals surface area contributed by atoms with Gasteiger partial charge >= 0.3 is 0 Å². The number of aliphatic imine (C=N–C) groups is 1. The number of aromatic nitrogens is 4. The normalized spacial score (nSPS) is 14.2. The molecule has 0 bridgehead atoms. The molecule has 0 amide bonds. The number of nitrogens with zero attached hydrogens (tertiary/aromatic N) is 6. The van der Waals surface area contributed by atoms with Crippen LogP contribution < -0.4 is 14.9 Å². The number of fused-ring (bicyclic) bond motifs is 2. The van der Waals surface area contributed by atoms with Crippen LogP contribution >= 0.6 is 11.8 Å². The number of hydrogen-bond acceptors (Lipinski definition) is 8. The maximum atomic E-state index is 6.20. The van der Waals surface area contributed by atoms with E-state index in [0.717, 1.165) is 59.3 Å². The molecule has 5 aromatic rings. The lowest BCUT2D eigenvalue weighted by atomic mass is 9.96. The van der Waals surface area contributed by atoms with Gasteiger partial charge in [0.2, 0.25) is 0 Å². The van der Waals surface area contributed by atoms with Crippen molar-refractivity contribution < 1.29 is 9.47 Å². The molecule has 0 saturated carbocycles. The smallest absolute Gasteiger partial charge is 0.189 e. The van der Waals surface area contributed by atoms with Crippen LogP contribution in [0, 0.1) is 5.41 Å². The van der Waals surface area contributed by atoms with Crippen LogP contribution in [0.3, 0.4) is 0 Å². The second-order valence-corrected chi connectivity index (χ2v) is 17.7. The first kappa shape index (κ1) is 43.7. The third-order valence-corrected chi connectivity index (χ3v) is 11.5. The van der Waals surface area contributed by atoms with Gasteiger partial charge in [0.15, 0.2) is 17.9 Å². The van der Waals surface area contributed by atoms with E-state index in [9.17, 15) is 0 Å². The number of hydrogen-bond donors (Lipinski definition) is 0. The average Bonchev–Trinajstić information content (AvgIpc) is 3.92. The maximum Gasteiger partial charge on any atom is 0.189 e. The molecule has 0 fully saturated rings. The van der Waals surface area contributed by atoms with Gasteiger partial charge in [0.1, 0.15) is 11.4 Å². The topological polar surface area (TPSA) is 77.1 Å². The van der Waals surface area contributed by atoms with Gasteiger partial charge in [-0.2, -0.15) is 9.61 Å². The quantitative estimate of drug-likeness (QED) is 0.0369. The van der Waals surface area contributed by atoms with Crippen LogP contribution in [0.15, 0.2) is 106 Å². The Morgan fingerprint density at radius 1 is 0.712 bits per heavy atom. The number of benzene rings is 3. The second-order valence-electron chi connectivity index (χ2n) is 16.7. The van der Waals surface area contributed by atoms with E-state index in [1.54, 1.807) is 6.40 Å². The number of anilines is 1. The van der Waals surface area contributed by atoms with Gasteiger partial charge in [-0.15, -0.1) is 10.2 Å². The van der Waals surface area contributed by atoms with E-state index in [1.165, 1.54) is 79.8 Å². The van der Waals surface area contributed by atoms with Crippen molar-refractivity contribution in [3.8, 4) is 28.4 Å². The fourth-order valence-corrected chi connectivity index (χ4v) is 8.32. The van der Waals surface area contributed by atoms with Crippen LogP contribution in [-0.2, 0) is 4.74 Å². The predicted octanol–water partition coefficient (Wildman–Crippen LogP) is 13.2. The molecule has 3 heterocycles. The molecule has 1 aliphatic rings. The summed E-state index contributed by atoms with van der Waals surface area (Å²) in [6.07, 6.45) is 26.6. The molecule has 6 rings (SSSR count). The van der Waals surface area contributed by atoms with E-state index in [0.29, 0.717) is 24.7 Å². The van der Waals surface area contributed by atoms with Crippen LogP contribution in [-0.4, -0.2) is 46.0 Å². The Morgan fingerprint density at radius 3 is 2.14 bits per heavy atom. The van der Waals surface area contributed by atoms with E-state index in [4.69, 9.17) is 19.7 Å². The molecular formula is C50H64N6O2S. The van der Waals surface area contributed by atoms with Gasteiger partial charge in [0.05, 0.1) is 35.2 Å². The Morgan fingerprint density at radius 2 is 1.39 bits per heavy atom. The van der Waals surface area contributed by atoms with Crippen molar-refractivity contribution in [2.45, 2.75) is 123 Å². The fraction of sp³-hybridized carbons (Fsp3) is 0.440. The zero-order valence-electron chi connectivity index (χ0n) is 36.0. The Bertz CT molecular complexity index is 2200. The minimum absolute atomic E-state index is 0.138. The number of thioether (sulfide) groups is 1. The zero-order chi connectivity index (χ0) is 41.3. The lowest BCUT2D eigenvalue weighted by Crippen LogP contribution is -2.29. The molecule has 3 aromatic carbocycles. The minimum Gasteiger partial charge on any atom is -0.493 e. The largest absolute Gasteiger partial charge is 0.493 e. The SMILES string of the molecule is CCCCCCCCCCCCCO/C=N\c1ccc(-c2nn3c(-c4ccccc4OCCCC)nnc3\c2=C/C=C/C=C2\Sc3ccccc3N2CC(C)(C)C)cc1. The van der Waals surface area contributed by atoms with Crippen LogP contribution in [0.5, 0.6) is 5.75 Å². The van der Waals surface area contributed by atoms with Crippen molar-refractivity contribution in [3.05, 3.63) is 101 Å². The lowest BCUT2D eigenvalue weighted by Gasteiger charge is -2.28. The van der Waals surface area contributed by atoms with Gasteiger partial charge in [-0.3, -0.25) is 0 Å². The molecule has 0 N–H and O–H groups in total. The lowest BCUT2D eigenvalue weighted by molar-refractivity contribution is 0.306. The molecule has 0 aliphatic carbocycles. The highest BCUT2D eigenvalue weighted by Crippen LogP contribution is 2.47. The van der Waals surface area contributed by atoms with Crippen molar-refractivity contribution in [3.63, 3.8) is 0 Å². The van der Waals surface area contributed by atoms with Crippen molar-refractivity contribution in [1.82, 2.24) is 19.8 Å². The first-order valence-electron chi connectivity index (χ1n) is 22.0. The van der Waals surface area contributed by atoms with Gasteiger partial charge < -0.3 is 14.4 Å². The number of ether oxygens (including phenoxy) is 2. The standard InChI is InChI=1S/C50H64N6O2S/c1-6-8-10-11-12-13-14-15-16-17-24-35-57-38-51-40-33-31-39(32-34-40)47-42(26-19-23-30-46-55(37-50(3,4)5)43-27-20-22-29-45(43)59-46)49-53-52-48(56(49)54-47)41-25-18-21-28-44(41)58-36-9-7-2/h18-23,25-34,38H,6-17,24,35-37H2,1-5H3/b23-19+,42-26-,46-30-,51-38-. The Hall–Kier alpha value is -4.89. The highest BCUT2D eigenvalue weighted by Gasteiger charge is 2.28. The molecule has 1 aliphatic heterocycles. The van der Waals surface area contributed by atoms with E-state index >= 15 is 0 Å². The summed E-state index contributed by atoms with van der Waals surface area (Å²) in [6.45, 7) is 13.6. The molecule has 0 unspecified atom stereocenters. The van der Waals surface area contributed by atoms with Gasteiger partial charge in [-0.25, -0.2) is 4.99 Å². The summed E-state index contributed by atoms with van der Waals surface area (Å²) in [4.78, 5) is 8.29. The molecule has 0 atom stereocenters. The van der Waals surface area contributed by atoms with Crippen molar-refractivity contribution in [2.75, 3.05) is 24.7 Å². The summed E-state index contributed by atoms with van der Waals surface area (Å²) >= 11 is 1.81. The maximum absolute atomic E-state index is 6.20.